The number of amides is 2. The van der Waals surface area contributed by atoms with E-state index in [0.29, 0.717) is 30.0 Å². The molecule has 7 N–H and O–H groups in total. The SMILES string of the molecule is COC1OC(C(=O)NCc2ccc(-c3nncnn3)cc2)[C@@H](OC2OC(C(=O)NCC[N+](C)(C)CCC(=O)O)[C@@H](OC)[C@H](O)[C@H]2O)[C@H](O)[C@H]1O. The summed E-state index contributed by atoms with van der Waals surface area (Å²) >= 11 is 0. The number of ether oxygens (including phenoxy) is 5. The van der Waals surface area contributed by atoms with E-state index >= 15 is 0 Å². The van der Waals surface area contributed by atoms with Crippen LogP contribution in [-0.4, -0.2) is 178 Å². The summed E-state index contributed by atoms with van der Waals surface area (Å²) in [6.45, 7) is 0.773. The van der Waals surface area contributed by atoms with E-state index in [0.717, 1.165) is 0 Å². The molecular formula is C30H44N7O13+. The van der Waals surface area contributed by atoms with Gasteiger partial charge in [-0.05, 0) is 5.56 Å². The van der Waals surface area contributed by atoms with Crippen LogP contribution in [0.3, 0.4) is 0 Å². The monoisotopic (exact) mass is 710 g/mol. The lowest BCUT2D eigenvalue weighted by Gasteiger charge is -2.46. The number of methoxy groups -OCH3 is 2. The summed E-state index contributed by atoms with van der Waals surface area (Å²) in [5, 5.41) is 72.9. The van der Waals surface area contributed by atoms with Crippen molar-refractivity contribution in [3.05, 3.63) is 36.2 Å². The number of likely N-dealkylation sites (N-methyl/N-ethyl adjacent to an activating group) is 1. The van der Waals surface area contributed by atoms with Crippen molar-refractivity contribution < 1.29 is 68.1 Å². The third-order valence-corrected chi connectivity index (χ3v) is 8.44. The Labute approximate surface area is 286 Å². The quantitative estimate of drug-likeness (QED) is 0.0872. The van der Waals surface area contributed by atoms with Gasteiger partial charge < -0.3 is 64.3 Å². The van der Waals surface area contributed by atoms with E-state index in [1.54, 1.807) is 38.4 Å². The Balaban J connectivity index is 1.45. The first-order valence-corrected chi connectivity index (χ1v) is 15.7. The Hall–Kier alpha value is -3.83. The fraction of sp³-hybridized carbons (Fsp3) is 0.633. The van der Waals surface area contributed by atoms with Gasteiger partial charge >= 0.3 is 5.97 Å². The molecule has 3 heterocycles. The zero-order valence-electron chi connectivity index (χ0n) is 27.9. The van der Waals surface area contributed by atoms with Crippen LogP contribution < -0.4 is 10.6 Å². The highest BCUT2D eigenvalue weighted by molar-refractivity contribution is 5.82. The van der Waals surface area contributed by atoms with Crippen molar-refractivity contribution >= 4 is 17.8 Å². The first-order chi connectivity index (χ1) is 23.8. The first-order valence-electron chi connectivity index (χ1n) is 15.7. The molecule has 20 heteroatoms. The molecule has 50 heavy (non-hydrogen) atoms. The molecule has 2 amide bonds. The fourth-order valence-electron chi connectivity index (χ4n) is 5.45. The van der Waals surface area contributed by atoms with Crippen LogP contribution in [0, 0.1) is 0 Å². The maximum Gasteiger partial charge on any atom is 0.309 e. The molecule has 2 aliphatic heterocycles. The Morgan fingerprint density at radius 3 is 2.00 bits per heavy atom. The van der Waals surface area contributed by atoms with Gasteiger partial charge in [0.15, 0.2) is 31.1 Å². The highest BCUT2D eigenvalue weighted by Crippen LogP contribution is 2.30. The maximum absolute atomic E-state index is 13.5. The molecule has 1 aromatic heterocycles. The van der Waals surface area contributed by atoms with Crippen LogP contribution >= 0.6 is 0 Å². The lowest BCUT2D eigenvalue weighted by atomic mass is 9.95. The number of carbonyl (C=O) groups excluding carboxylic acids is 2. The Bertz CT molecular complexity index is 1420. The van der Waals surface area contributed by atoms with Crippen molar-refractivity contribution in [3.8, 4) is 11.4 Å². The number of nitrogens with one attached hydrogen (secondary N) is 2. The van der Waals surface area contributed by atoms with Gasteiger partial charge in [-0.2, -0.15) is 0 Å². The number of hydrogen-bond acceptors (Lipinski definition) is 16. The summed E-state index contributed by atoms with van der Waals surface area (Å²) < 4.78 is 27.9. The predicted molar refractivity (Wildman–Crippen MR) is 166 cm³/mol. The second kappa shape index (κ2) is 17.4. The minimum atomic E-state index is -1.83. The van der Waals surface area contributed by atoms with Crippen molar-refractivity contribution in [1.29, 1.82) is 0 Å². The van der Waals surface area contributed by atoms with Crippen molar-refractivity contribution in [2.75, 3.05) is 47.9 Å². The number of aliphatic carboxylic acids is 1. The van der Waals surface area contributed by atoms with Crippen molar-refractivity contribution in [3.63, 3.8) is 0 Å². The number of aromatic nitrogens is 4. The zero-order valence-corrected chi connectivity index (χ0v) is 27.9. The molecule has 20 nitrogen and oxygen atoms in total. The molecule has 0 aliphatic carbocycles. The van der Waals surface area contributed by atoms with Crippen molar-refractivity contribution in [2.24, 2.45) is 0 Å². The summed E-state index contributed by atoms with van der Waals surface area (Å²) in [6, 6.07) is 6.83. The molecule has 1 aromatic carbocycles. The molecule has 10 atom stereocenters. The van der Waals surface area contributed by atoms with Crippen LogP contribution in [0.4, 0.5) is 0 Å². The Morgan fingerprint density at radius 1 is 0.800 bits per heavy atom. The molecule has 2 aliphatic rings. The van der Waals surface area contributed by atoms with E-state index in [4.69, 9.17) is 28.8 Å². The van der Waals surface area contributed by atoms with Gasteiger partial charge in [-0.25, -0.2) is 0 Å². The minimum Gasteiger partial charge on any atom is -0.481 e. The van der Waals surface area contributed by atoms with E-state index in [-0.39, 0.29) is 24.0 Å². The van der Waals surface area contributed by atoms with Crippen LogP contribution in [0.25, 0.3) is 11.4 Å². The Kier molecular flexibility index (Phi) is 13.6. The molecule has 276 valence electrons. The molecular weight excluding hydrogens is 666 g/mol. The summed E-state index contributed by atoms with van der Waals surface area (Å²) in [5.41, 5.74) is 1.30. The normalized spacial score (nSPS) is 30.0. The van der Waals surface area contributed by atoms with Crippen molar-refractivity contribution in [1.82, 2.24) is 31.0 Å². The van der Waals surface area contributed by atoms with Gasteiger partial charge in [0.05, 0.1) is 40.2 Å². The number of quaternary nitrogens is 1. The topological polar surface area (TPSA) is 274 Å². The van der Waals surface area contributed by atoms with Gasteiger partial charge in [0.25, 0.3) is 11.8 Å². The van der Waals surface area contributed by atoms with Crippen LogP contribution in [0.5, 0.6) is 0 Å². The summed E-state index contributed by atoms with van der Waals surface area (Å²) in [6.07, 6.45) is -15.4. The number of aliphatic hydroxyl groups is 4. The van der Waals surface area contributed by atoms with Gasteiger partial charge in [0, 0.05) is 26.3 Å². The second-order valence-corrected chi connectivity index (χ2v) is 12.5. The van der Waals surface area contributed by atoms with E-state index in [2.05, 4.69) is 31.0 Å². The number of carboxylic acid groups (broad SMARTS) is 1. The van der Waals surface area contributed by atoms with Gasteiger partial charge in [0.2, 0.25) is 5.82 Å². The largest absolute Gasteiger partial charge is 0.481 e. The zero-order chi connectivity index (χ0) is 36.6. The smallest absolute Gasteiger partial charge is 0.309 e. The Morgan fingerprint density at radius 2 is 1.38 bits per heavy atom. The number of carboxylic acids is 1. The average Bonchev–Trinajstić information content (AvgIpc) is 3.10. The van der Waals surface area contributed by atoms with Gasteiger partial charge in [-0.1, -0.05) is 24.3 Å². The number of rotatable bonds is 15. The third-order valence-electron chi connectivity index (χ3n) is 8.44. The second-order valence-electron chi connectivity index (χ2n) is 12.5. The van der Waals surface area contributed by atoms with Crippen LogP contribution in [0.15, 0.2) is 30.6 Å². The standard InChI is InChI=1S/C30H43N7O13/c1-37(2,11-9-17(38)39)12-10-31-27(44)24-22(46-3)18(40)21(43)30(50-24)48-23-19(41)20(42)29(47-4)49-25(23)28(45)32-13-15-5-7-16(8-6-15)26-35-33-14-34-36-26/h5-8,14,18-25,29-30,40-43H,9-13H2,1-4H3,(H2-,31,32,38,39,44,45)/p+1/t18-,19-,20-,21-,22+,23+,24?,25?,29?,30?/m1/s1. The lowest BCUT2D eigenvalue weighted by molar-refractivity contribution is -0.888. The fourth-order valence-corrected chi connectivity index (χ4v) is 5.45. The molecule has 2 aromatic rings. The van der Waals surface area contributed by atoms with E-state index in [1.807, 2.05) is 0 Å². The van der Waals surface area contributed by atoms with E-state index in [9.17, 15) is 34.8 Å². The molecule has 0 saturated carbocycles. The molecule has 0 radical (unpaired) electrons. The summed E-state index contributed by atoms with van der Waals surface area (Å²) in [7, 11) is 6.00. The van der Waals surface area contributed by atoms with Gasteiger partial charge in [-0.15, -0.1) is 20.4 Å². The molecule has 2 fully saturated rings. The van der Waals surface area contributed by atoms with E-state index in [1.165, 1.54) is 20.5 Å². The number of hydrogen-bond donors (Lipinski definition) is 7. The highest BCUT2D eigenvalue weighted by Gasteiger charge is 2.54. The average molecular weight is 711 g/mol. The number of carbonyl (C=O) groups is 3. The molecule has 0 bridgehead atoms. The lowest BCUT2D eigenvalue weighted by Crippen LogP contribution is -2.67. The van der Waals surface area contributed by atoms with E-state index < -0.39 is 79.2 Å². The minimum absolute atomic E-state index is 0.000995. The highest BCUT2D eigenvalue weighted by atomic mass is 16.7. The predicted octanol–water partition coefficient (Wildman–Crippen LogP) is -3.84. The number of aliphatic hydroxyl groups excluding tert-OH is 4. The van der Waals surface area contributed by atoms with Crippen LogP contribution in [0.1, 0.15) is 12.0 Å². The summed E-state index contributed by atoms with van der Waals surface area (Å²) in [4.78, 5) is 37.6. The molecule has 4 rings (SSSR count). The number of benzene rings is 1. The summed E-state index contributed by atoms with van der Waals surface area (Å²) in [5.74, 6) is -2.16. The number of nitrogens with zero attached hydrogens (tertiary/aromatic N) is 5. The van der Waals surface area contributed by atoms with Gasteiger partial charge in [0.1, 0.15) is 36.6 Å². The molecule has 0 spiro atoms. The third kappa shape index (κ3) is 9.69. The van der Waals surface area contributed by atoms with Gasteiger partial charge in [-0.3, -0.25) is 14.4 Å². The van der Waals surface area contributed by atoms with Crippen LogP contribution in [0.2, 0.25) is 0 Å². The molecule has 4 unspecified atom stereocenters. The van der Waals surface area contributed by atoms with Crippen LogP contribution in [-0.2, 0) is 44.6 Å². The molecule has 2 saturated heterocycles. The first kappa shape index (κ1) is 39.0. The van der Waals surface area contributed by atoms with Crippen molar-refractivity contribution in [2.45, 2.75) is 74.4 Å². The maximum atomic E-state index is 13.5.